The number of amides is 1. The smallest absolute Gasteiger partial charge is 0.270 e. The van der Waals surface area contributed by atoms with E-state index in [1.807, 2.05) is 24.4 Å². The van der Waals surface area contributed by atoms with E-state index in [1.54, 1.807) is 11.8 Å². The lowest BCUT2D eigenvalue weighted by Gasteiger charge is -2.10. The standard InChI is InChI=1S/C18H19N5OS2/c1-11-5-3-4-6-15(11)23-12(2)21-22-18(23)26-10-16-20-14(9-25-16)17(24)19-13-7-8-13/h3-6,9,13H,7-8,10H2,1-2H3,(H,19,24). The Balaban J connectivity index is 1.48. The van der Waals surface area contributed by atoms with Crippen molar-refractivity contribution >= 4 is 29.0 Å². The van der Waals surface area contributed by atoms with Gasteiger partial charge < -0.3 is 5.32 Å². The molecule has 0 spiro atoms. The van der Waals surface area contributed by atoms with E-state index in [4.69, 9.17) is 0 Å². The number of nitrogens with one attached hydrogen (secondary N) is 1. The number of rotatable bonds is 6. The first-order chi connectivity index (χ1) is 12.6. The molecule has 4 rings (SSSR count). The summed E-state index contributed by atoms with van der Waals surface area (Å²) in [7, 11) is 0. The summed E-state index contributed by atoms with van der Waals surface area (Å²) < 4.78 is 2.06. The van der Waals surface area contributed by atoms with Crippen molar-refractivity contribution in [3.05, 3.63) is 51.7 Å². The van der Waals surface area contributed by atoms with Gasteiger partial charge in [0.2, 0.25) is 0 Å². The topological polar surface area (TPSA) is 72.7 Å². The molecule has 26 heavy (non-hydrogen) atoms. The van der Waals surface area contributed by atoms with Crippen LogP contribution in [0.4, 0.5) is 0 Å². The first-order valence-electron chi connectivity index (χ1n) is 8.48. The van der Waals surface area contributed by atoms with Crippen LogP contribution in [0.1, 0.15) is 39.7 Å². The molecule has 6 nitrogen and oxygen atoms in total. The van der Waals surface area contributed by atoms with Crippen LogP contribution < -0.4 is 5.32 Å². The number of aromatic nitrogens is 4. The van der Waals surface area contributed by atoms with E-state index < -0.39 is 0 Å². The molecule has 0 aliphatic heterocycles. The average molecular weight is 386 g/mol. The highest BCUT2D eigenvalue weighted by molar-refractivity contribution is 7.98. The van der Waals surface area contributed by atoms with Gasteiger partial charge in [0.25, 0.3) is 5.91 Å². The molecule has 1 aliphatic rings. The molecule has 8 heteroatoms. The number of hydrogen-bond acceptors (Lipinski definition) is 6. The molecule has 0 atom stereocenters. The minimum atomic E-state index is -0.0704. The Hall–Kier alpha value is -2.19. The van der Waals surface area contributed by atoms with Crippen LogP contribution in [0.15, 0.2) is 34.8 Å². The Kier molecular flexibility index (Phi) is 4.78. The van der Waals surface area contributed by atoms with Crippen molar-refractivity contribution in [2.75, 3.05) is 0 Å². The Morgan fingerprint density at radius 3 is 2.88 bits per heavy atom. The van der Waals surface area contributed by atoms with E-state index in [0.717, 1.165) is 34.5 Å². The highest BCUT2D eigenvalue weighted by Crippen LogP contribution is 2.27. The van der Waals surface area contributed by atoms with Crippen LogP contribution in [-0.2, 0) is 5.75 Å². The fourth-order valence-corrected chi connectivity index (χ4v) is 4.41. The number of benzene rings is 1. The second kappa shape index (κ2) is 7.20. The molecular weight excluding hydrogens is 366 g/mol. The van der Waals surface area contributed by atoms with Gasteiger partial charge in [-0.2, -0.15) is 0 Å². The molecular formula is C18H19N5OS2. The van der Waals surface area contributed by atoms with Crippen molar-refractivity contribution in [2.24, 2.45) is 0 Å². The van der Waals surface area contributed by atoms with Crippen LogP contribution in [0, 0.1) is 13.8 Å². The van der Waals surface area contributed by atoms with Gasteiger partial charge in [0.15, 0.2) is 5.16 Å². The van der Waals surface area contributed by atoms with Gasteiger partial charge in [-0.15, -0.1) is 21.5 Å². The lowest BCUT2D eigenvalue weighted by atomic mass is 10.2. The fraction of sp³-hybridized carbons (Fsp3) is 0.333. The second-order valence-corrected chi connectivity index (χ2v) is 8.20. The van der Waals surface area contributed by atoms with Crippen molar-refractivity contribution in [2.45, 2.75) is 43.6 Å². The van der Waals surface area contributed by atoms with E-state index in [0.29, 0.717) is 17.5 Å². The van der Waals surface area contributed by atoms with Gasteiger partial charge in [-0.05, 0) is 38.3 Å². The minimum Gasteiger partial charge on any atom is -0.348 e. The molecule has 0 radical (unpaired) electrons. The number of carbonyl (C=O) groups excluding carboxylic acids is 1. The molecule has 0 bridgehead atoms. The number of carbonyl (C=O) groups is 1. The Labute approximate surface area is 160 Å². The van der Waals surface area contributed by atoms with Crippen LogP contribution in [0.2, 0.25) is 0 Å². The van der Waals surface area contributed by atoms with Gasteiger partial charge in [0.1, 0.15) is 16.5 Å². The van der Waals surface area contributed by atoms with Crippen molar-refractivity contribution in [3.63, 3.8) is 0 Å². The predicted molar refractivity (Wildman–Crippen MR) is 103 cm³/mol. The maximum absolute atomic E-state index is 12.1. The molecule has 1 aromatic carbocycles. The van der Waals surface area contributed by atoms with Crippen LogP contribution >= 0.6 is 23.1 Å². The summed E-state index contributed by atoms with van der Waals surface area (Å²) in [6.45, 7) is 4.03. The van der Waals surface area contributed by atoms with E-state index in [9.17, 15) is 4.79 Å². The molecule has 1 N–H and O–H groups in total. The zero-order valence-corrected chi connectivity index (χ0v) is 16.2. The summed E-state index contributed by atoms with van der Waals surface area (Å²) in [4.78, 5) is 16.5. The summed E-state index contributed by atoms with van der Waals surface area (Å²) in [6.07, 6.45) is 2.15. The van der Waals surface area contributed by atoms with Gasteiger partial charge in [0.05, 0.1) is 11.4 Å². The lowest BCUT2D eigenvalue weighted by molar-refractivity contribution is 0.0946. The maximum Gasteiger partial charge on any atom is 0.270 e. The molecule has 0 unspecified atom stereocenters. The van der Waals surface area contributed by atoms with Gasteiger partial charge in [-0.1, -0.05) is 30.0 Å². The largest absolute Gasteiger partial charge is 0.348 e. The second-order valence-electron chi connectivity index (χ2n) is 6.31. The Morgan fingerprint density at radius 1 is 1.31 bits per heavy atom. The molecule has 1 fully saturated rings. The first-order valence-corrected chi connectivity index (χ1v) is 10.3. The fourth-order valence-electron chi connectivity index (χ4n) is 2.62. The number of thiazole rings is 1. The van der Waals surface area contributed by atoms with Crippen molar-refractivity contribution < 1.29 is 4.79 Å². The lowest BCUT2D eigenvalue weighted by Crippen LogP contribution is -2.25. The molecule has 2 aromatic heterocycles. The number of hydrogen-bond donors (Lipinski definition) is 1. The van der Waals surface area contributed by atoms with Crippen LogP contribution in [0.25, 0.3) is 5.69 Å². The molecule has 2 heterocycles. The monoisotopic (exact) mass is 385 g/mol. The van der Waals surface area contributed by atoms with Gasteiger partial charge in [-0.3, -0.25) is 9.36 Å². The normalized spacial score (nSPS) is 13.8. The van der Waals surface area contributed by atoms with Crippen LogP contribution in [0.5, 0.6) is 0 Å². The third kappa shape index (κ3) is 3.66. The van der Waals surface area contributed by atoms with Crippen molar-refractivity contribution in [1.29, 1.82) is 0 Å². The third-order valence-corrected chi connectivity index (χ3v) is 6.14. The van der Waals surface area contributed by atoms with Crippen LogP contribution in [0.3, 0.4) is 0 Å². The van der Waals surface area contributed by atoms with E-state index in [-0.39, 0.29) is 5.91 Å². The summed E-state index contributed by atoms with van der Waals surface area (Å²) in [5, 5.41) is 15.1. The molecule has 3 aromatic rings. The maximum atomic E-state index is 12.1. The van der Waals surface area contributed by atoms with Gasteiger partial charge in [-0.25, -0.2) is 4.98 Å². The molecule has 134 valence electrons. The highest BCUT2D eigenvalue weighted by Gasteiger charge is 2.25. The van der Waals surface area contributed by atoms with E-state index >= 15 is 0 Å². The number of aryl methyl sites for hydroxylation is 2. The quantitative estimate of drug-likeness (QED) is 0.657. The van der Waals surface area contributed by atoms with Crippen LogP contribution in [-0.4, -0.2) is 31.7 Å². The summed E-state index contributed by atoms with van der Waals surface area (Å²) in [6, 6.07) is 8.53. The third-order valence-electron chi connectivity index (χ3n) is 4.17. The first kappa shape index (κ1) is 17.2. The number of thioether (sulfide) groups is 1. The number of para-hydroxylation sites is 1. The summed E-state index contributed by atoms with van der Waals surface area (Å²) in [5.74, 6) is 1.44. The average Bonchev–Trinajstić information content (AvgIpc) is 3.18. The van der Waals surface area contributed by atoms with Crippen molar-refractivity contribution in [1.82, 2.24) is 25.1 Å². The molecule has 1 aliphatic carbocycles. The van der Waals surface area contributed by atoms with E-state index in [2.05, 4.69) is 44.1 Å². The highest BCUT2D eigenvalue weighted by atomic mass is 32.2. The summed E-state index contributed by atoms with van der Waals surface area (Å²) >= 11 is 3.09. The minimum absolute atomic E-state index is 0.0704. The SMILES string of the molecule is Cc1ccccc1-n1c(C)nnc1SCc1nc(C(=O)NC2CC2)cs1. The molecule has 0 saturated heterocycles. The molecule has 1 amide bonds. The zero-order valence-electron chi connectivity index (χ0n) is 14.6. The summed E-state index contributed by atoms with van der Waals surface area (Å²) in [5.41, 5.74) is 2.76. The van der Waals surface area contributed by atoms with Gasteiger partial charge >= 0.3 is 0 Å². The number of nitrogens with zero attached hydrogens (tertiary/aromatic N) is 4. The van der Waals surface area contributed by atoms with Crippen molar-refractivity contribution in [3.8, 4) is 5.69 Å². The Morgan fingerprint density at radius 2 is 2.12 bits per heavy atom. The predicted octanol–water partition coefficient (Wildman–Crippen LogP) is 3.53. The molecule has 1 saturated carbocycles. The van der Waals surface area contributed by atoms with Gasteiger partial charge in [0, 0.05) is 11.4 Å². The zero-order chi connectivity index (χ0) is 18.1. The van der Waals surface area contributed by atoms with E-state index in [1.165, 1.54) is 16.9 Å². The Bertz CT molecular complexity index is 945.